The van der Waals surface area contributed by atoms with E-state index in [1.54, 1.807) is 6.92 Å². The number of carbonyl (C=O) groups is 2. The Balaban J connectivity index is 1.41. The summed E-state index contributed by atoms with van der Waals surface area (Å²) in [5.41, 5.74) is 0.434. The fourth-order valence-electron chi connectivity index (χ4n) is 8.83. The standard InChI is InChI=1S/C25H36O4/c1-14(2)23(27)28-13-22(26)29-25(21-9-17-8-18(21)5-15(17)3)19-6-16-7-20(25)12-24(4,10-16)11-19/h15-21H,1,5-13H2,2-4H3. The van der Waals surface area contributed by atoms with Crippen LogP contribution in [-0.2, 0) is 19.1 Å². The van der Waals surface area contributed by atoms with E-state index in [0.717, 1.165) is 17.8 Å². The summed E-state index contributed by atoms with van der Waals surface area (Å²) in [5, 5.41) is 0. The summed E-state index contributed by atoms with van der Waals surface area (Å²) >= 11 is 0. The number of hydrogen-bond acceptors (Lipinski definition) is 4. The van der Waals surface area contributed by atoms with Crippen LogP contribution in [-0.4, -0.2) is 24.1 Å². The van der Waals surface area contributed by atoms with Crippen LogP contribution in [0, 0.1) is 46.8 Å². The normalized spacial score (nSPS) is 49.3. The third-order valence-corrected chi connectivity index (χ3v) is 9.52. The second-order valence-electron chi connectivity index (χ2n) is 11.6. The van der Waals surface area contributed by atoms with Crippen molar-refractivity contribution in [3.05, 3.63) is 12.2 Å². The van der Waals surface area contributed by atoms with Crippen LogP contribution in [0.1, 0.15) is 72.1 Å². The monoisotopic (exact) mass is 400 g/mol. The van der Waals surface area contributed by atoms with Gasteiger partial charge in [-0.05, 0) is 87.4 Å². The second-order valence-corrected chi connectivity index (χ2v) is 11.6. The number of ether oxygens (including phenoxy) is 2. The summed E-state index contributed by atoms with van der Waals surface area (Å²) in [6, 6.07) is 0. The van der Waals surface area contributed by atoms with Crippen molar-refractivity contribution in [1.82, 2.24) is 0 Å². The van der Waals surface area contributed by atoms with Crippen LogP contribution in [0.2, 0.25) is 0 Å². The fourth-order valence-corrected chi connectivity index (χ4v) is 8.83. The van der Waals surface area contributed by atoms with Gasteiger partial charge in [-0.25, -0.2) is 9.59 Å². The van der Waals surface area contributed by atoms with Crippen molar-refractivity contribution in [3.8, 4) is 0 Å². The number of hydrogen-bond donors (Lipinski definition) is 0. The Labute approximate surface area is 174 Å². The molecule has 6 aliphatic carbocycles. The maximum absolute atomic E-state index is 12.9. The van der Waals surface area contributed by atoms with Crippen molar-refractivity contribution in [1.29, 1.82) is 0 Å². The van der Waals surface area contributed by atoms with Crippen LogP contribution in [0.4, 0.5) is 0 Å². The summed E-state index contributed by atoms with van der Waals surface area (Å²) < 4.78 is 11.7. The molecule has 0 spiro atoms. The Hall–Kier alpha value is -1.32. The van der Waals surface area contributed by atoms with Gasteiger partial charge in [0.25, 0.3) is 0 Å². The van der Waals surface area contributed by atoms with Gasteiger partial charge in [0.2, 0.25) is 0 Å². The third-order valence-electron chi connectivity index (χ3n) is 9.52. The molecule has 6 saturated carbocycles. The summed E-state index contributed by atoms with van der Waals surface area (Å²) in [6.07, 6.45) is 10.0. The fraction of sp³-hybridized carbons (Fsp3) is 0.840. The van der Waals surface area contributed by atoms with Crippen LogP contribution in [0.25, 0.3) is 0 Å². The van der Waals surface area contributed by atoms with Gasteiger partial charge in [0, 0.05) is 23.3 Å². The molecule has 6 aliphatic rings. The van der Waals surface area contributed by atoms with E-state index in [2.05, 4.69) is 20.4 Å². The number of carbonyl (C=O) groups excluding carboxylic acids is 2. The molecule has 6 bridgehead atoms. The minimum Gasteiger partial charge on any atom is -0.456 e. The van der Waals surface area contributed by atoms with Crippen LogP contribution < -0.4 is 0 Å². The molecule has 4 nitrogen and oxygen atoms in total. The van der Waals surface area contributed by atoms with Gasteiger partial charge in [0.1, 0.15) is 5.60 Å². The first-order valence-corrected chi connectivity index (χ1v) is 11.7. The van der Waals surface area contributed by atoms with E-state index >= 15 is 0 Å². The minimum absolute atomic E-state index is 0.287. The Kier molecular flexibility index (Phi) is 4.46. The first-order chi connectivity index (χ1) is 13.7. The number of rotatable bonds is 5. The Morgan fingerprint density at radius 3 is 2.21 bits per heavy atom. The summed E-state index contributed by atoms with van der Waals surface area (Å²) in [6.45, 7) is 9.77. The van der Waals surface area contributed by atoms with Crippen molar-refractivity contribution in [2.45, 2.75) is 77.7 Å². The van der Waals surface area contributed by atoms with Crippen molar-refractivity contribution >= 4 is 11.9 Å². The van der Waals surface area contributed by atoms with E-state index in [1.165, 1.54) is 51.4 Å². The van der Waals surface area contributed by atoms with E-state index in [9.17, 15) is 9.59 Å². The molecular weight excluding hydrogens is 364 g/mol. The molecule has 0 aromatic rings. The Morgan fingerprint density at radius 1 is 1.00 bits per heavy atom. The lowest BCUT2D eigenvalue weighted by Crippen LogP contribution is -2.66. The highest BCUT2D eigenvalue weighted by Gasteiger charge is 2.68. The zero-order chi connectivity index (χ0) is 20.6. The molecule has 0 saturated heterocycles. The molecule has 6 rings (SSSR count). The van der Waals surface area contributed by atoms with Crippen molar-refractivity contribution in [3.63, 3.8) is 0 Å². The maximum atomic E-state index is 12.9. The largest absolute Gasteiger partial charge is 0.456 e. The van der Waals surface area contributed by atoms with E-state index in [4.69, 9.17) is 9.47 Å². The zero-order valence-corrected chi connectivity index (χ0v) is 18.2. The molecule has 6 unspecified atom stereocenters. The molecule has 0 N–H and O–H groups in total. The molecule has 29 heavy (non-hydrogen) atoms. The molecular formula is C25H36O4. The van der Waals surface area contributed by atoms with Crippen LogP contribution in [0.15, 0.2) is 12.2 Å². The van der Waals surface area contributed by atoms with Gasteiger partial charge in [-0.1, -0.05) is 20.4 Å². The molecule has 6 atom stereocenters. The predicted molar refractivity (Wildman–Crippen MR) is 110 cm³/mol. The molecule has 0 amide bonds. The van der Waals surface area contributed by atoms with Crippen molar-refractivity contribution in [2.75, 3.05) is 6.61 Å². The lowest BCUT2D eigenvalue weighted by molar-refractivity contribution is -0.250. The van der Waals surface area contributed by atoms with Crippen LogP contribution >= 0.6 is 0 Å². The van der Waals surface area contributed by atoms with Crippen molar-refractivity contribution in [2.24, 2.45) is 46.8 Å². The van der Waals surface area contributed by atoms with Gasteiger partial charge in [-0.15, -0.1) is 0 Å². The molecule has 0 radical (unpaired) electrons. The summed E-state index contributed by atoms with van der Waals surface area (Å²) in [7, 11) is 0. The SMILES string of the molecule is C=C(C)C(=O)OCC(=O)OC1(C2CC3CC2CC3C)C2CC3CC1CC(C)(C3)C2. The second kappa shape index (κ2) is 6.59. The topological polar surface area (TPSA) is 52.6 Å². The van der Waals surface area contributed by atoms with Gasteiger partial charge in [0.05, 0.1) is 0 Å². The first-order valence-electron chi connectivity index (χ1n) is 11.7. The van der Waals surface area contributed by atoms with Gasteiger partial charge in [-0.3, -0.25) is 0 Å². The molecule has 0 heterocycles. The maximum Gasteiger partial charge on any atom is 0.344 e. The Bertz CT molecular complexity index is 721. The molecule has 0 aromatic carbocycles. The van der Waals surface area contributed by atoms with E-state index in [0.29, 0.717) is 34.7 Å². The van der Waals surface area contributed by atoms with E-state index in [1.807, 2.05) is 0 Å². The molecule has 0 aliphatic heterocycles. The highest BCUT2D eigenvalue weighted by atomic mass is 16.6. The number of fused-ring (bicyclic) bond motifs is 2. The molecule has 6 fully saturated rings. The molecule has 160 valence electrons. The smallest absolute Gasteiger partial charge is 0.344 e. The minimum atomic E-state index is -0.512. The van der Waals surface area contributed by atoms with Gasteiger partial charge < -0.3 is 9.47 Å². The quantitative estimate of drug-likeness (QED) is 0.486. The van der Waals surface area contributed by atoms with Gasteiger partial charge in [-0.2, -0.15) is 0 Å². The Morgan fingerprint density at radius 2 is 1.69 bits per heavy atom. The predicted octanol–water partition coefficient (Wildman–Crippen LogP) is 4.92. The lowest BCUT2D eigenvalue weighted by Gasteiger charge is -2.66. The highest BCUT2D eigenvalue weighted by molar-refractivity contribution is 5.88. The van der Waals surface area contributed by atoms with Crippen LogP contribution in [0.5, 0.6) is 0 Å². The molecule has 0 aromatic heterocycles. The summed E-state index contributed by atoms with van der Waals surface area (Å²) in [4.78, 5) is 24.7. The molecule has 4 heteroatoms. The van der Waals surface area contributed by atoms with Crippen molar-refractivity contribution < 1.29 is 19.1 Å². The zero-order valence-electron chi connectivity index (χ0n) is 18.2. The van der Waals surface area contributed by atoms with Crippen LogP contribution in [0.3, 0.4) is 0 Å². The third kappa shape index (κ3) is 2.99. The summed E-state index contributed by atoms with van der Waals surface area (Å²) in [5.74, 6) is 3.73. The highest BCUT2D eigenvalue weighted by Crippen LogP contribution is 2.70. The van der Waals surface area contributed by atoms with Gasteiger partial charge in [0.15, 0.2) is 6.61 Å². The first kappa shape index (κ1) is 19.6. The van der Waals surface area contributed by atoms with E-state index in [-0.39, 0.29) is 18.2 Å². The average molecular weight is 401 g/mol. The van der Waals surface area contributed by atoms with Gasteiger partial charge >= 0.3 is 11.9 Å². The number of esters is 2. The average Bonchev–Trinajstić information content (AvgIpc) is 3.21. The van der Waals surface area contributed by atoms with E-state index < -0.39 is 5.97 Å². The lowest BCUT2D eigenvalue weighted by atomic mass is 9.42.